The summed E-state index contributed by atoms with van der Waals surface area (Å²) in [5.74, 6) is -3.77. The van der Waals surface area contributed by atoms with Crippen LogP contribution in [0.2, 0.25) is 0 Å². The van der Waals surface area contributed by atoms with Gasteiger partial charge in [0.05, 0.1) is 4.92 Å². The fourth-order valence-corrected chi connectivity index (χ4v) is 2.12. The minimum Gasteiger partial charge on any atom is -0.282 e. The van der Waals surface area contributed by atoms with Crippen LogP contribution in [0.4, 0.5) is 14.5 Å². The first kappa shape index (κ1) is 13.5. The second kappa shape index (κ2) is 4.00. The van der Waals surface area contributed by atoms with E-state index in [1.54, 1.807) is 0 Å². The molecule has 0 spiro atoms. The highest BCUT2D eigenvalue weighted by Gasteiger charge is 2.39. The molecule has 0 atom stereocenters. The van der Waals surface area contributed by atoms with Crippen molar-refractivity contribution in [2.45, 2.75) is 17.7 Å². The summed E-state index contributed by atoms with van der Waals surface area (Å²) in [5, 5.41) is 10.5. The molecule has 0 aliphatic rings. The standard InChI is InChI=1S/C8H7F2NO5S/c1-8(9,10)7-5(11(12)13)3-2-4-6(7)17(14,15)16/h2-4H,1H3,(H,14,15,16). The van der Waals surface area contributed by atoms with E-state index in [1.165, 1.54) is 0 Å². The van der Waals surface area contributed by atoms with Gasteiger partial charge >= 0.3 is 0 Å². The summed E-state index contributed by atoms with van der Waals surface area (Å²) in [4.78, 5) is 8.24. The topological polar surface area (TPSA) is 97.5 Å². The lowest BCUT2D eigenvalue weighted by Crippen LogP contribution is -2.16. The van der Waals surface area contributed by atoms with E-state index in [2.05, 4.69) is 0 Å². The van der Waals surface area contributed by atoms with Crippen LogP contribution in [0.5, 0.6) is 0 Å². The van der Waals surface area contributed by atoms with Gasteiger partial charge in [0, 0.05) is 13.0 Å². The van der Waals surface area contributed by atoms with Gasteiger partial charge in [0.2, 0.25) is 0 Å². The Morgan fingerprint density at radius 2 is 1.94 bits per heavy atom. The van der Waals surface area contributed by atoms with Gasteiger partial charge in [-0.15, -0.1) is 0 Å². The zero-order valence-corrected chi connectivity index (χ0v) is 9.24. The van der Waals surface area contributed by atoms with Gasteiger partial charge in [-0.3, -0.25) is 14.7 Å². The molecule has 1 N–H and O–H groups in total. The van der Waals surface area contributed by atoms with E-state index in [0.29, 0.717) is 13.0 Å². The Morgan fingerprint density at radius 3 is 2.29 bits per heavy atom. The van der Waals surface area contributed by atoms with Crippen LogP contribution >= 0.6 is 0 Å². The molecular formula is C8H7F2NO5S. The molecule has 0 aromatic heterocycles. The van der Waals surface area contributed by atoms with Crippen molar-refractivity contribution in [3.63, 3.8) is 0 Å². The van der Waals surface area contributed by atoms with E-state index in [-0.39, 0.29) is 0 Å². The lowest BCUT2D eigenvalue weighted by Gasteiger charge is -2.13. The van der Waals surface area contributed by atoms with E-state index in [0.717, 1.165) is 12.1 Å². The predicted molar refractivity (Wildman–Crippen MR) is 52.5 cm³/mol. The number of hydrogen-bond acceptors (Lipinski definition) is 4. The minimum atomic E-state index is -4.96. The molecule has 1 rings (SSSR count). The van der Waals surface area contributed by atoms with Crippen molar-refractivity contribution in [3.05, 3.63) is 33.9 Å². The third-order valence-corrected chi connectivity index (χ3v) is 2.81. The summed E-state index contributed by atoms with van der Waals surface area (Å²) in [5.41, 5.74) is -2.39. The maximum absolute atomic E-state index is 13.2. The highest BCUT2D eigenvalue weighted by Crippen LogP contribution is 2.38. The smallest absolute Gasteiger partial charge is 0.282 e. The van der Waals surface area contributed by atoms with Crippen molar-refractivity contribution in [1.82, 2.24) is 0 Å². The molecule has 0 amide bonds. The quantitative estimate of drug-likeness (QED) is 0.512. The van der Waals surface area contributed by atoms with Crippen molar-refractivity contribution in [2.75, 3.05) is 0 Å². The van der Waals surface area contributed by atoms with Crippen LogP contribution < -0.4 is 0 Å². The molecule has 0 unspecified atom stereocenters. The first-order valence-electron chi connectivity index (χ1n) is 4.18. The predicted octanol–water partition coefficient (Wildman–Crippen LogP) is 1.95. The van der Waals surface area contributed by atoms with Crippen molar-refractivity contribution in [2.24, 2.45) is 0 Å². The Balaban J connectivity index is 3.76. The van der Waals surface area contributed by atoms with Crippen LogP contribution in [0.3, 0.4) is 0 Å². The summed E-state index contributed by atoms with van der Waals surface area (Å²) >= 11 is 0. The lowest BCUT2D eigenvalue weighted by molar-refractivity contribution is -0.387. The monoisotopic (exact) mass is 267 g/mol. The molecule has 0 fully saturated rings. The van der Waals surface area contributed by atoms with E-state index in [4.69, 9.17) is 4.55 Å². The molecule has 1 aromatic rings. The Kier molecular flexibility index (Phi) is 3.17. The first-order valence-corrected chi connectivity index (χ1v) is 5.62. The molecule has 0 saturated carbocycles. The summed E-state index contributed by atoms with van der Waals surface area (Å²) in [7, 11) is -4.96. The van der Waals surface area contributed by atoms with Crippen LogP contribution in [0.1, 0.15) is 12.5 Å². The van der Waals surface area contributed by atoms with E-state index in [1.807, 2.05) is 0 Å². The lowest BCUT2D eigenvalue weighted by atomic mass is 10.1. The second-order valence-electron chi connectivity index (χ2n) is 3.27. The highest BCUT2D eigenvalue weighted by molar-refractivity contribution is 7.85. The number of halogens is 2. The van der Waals surface area contributed by atoms with Gasteiger partial charge in [-0.25, -0.2) is 8.78 Å². The van der Waals surface area contributed by atoms with Gasteiger partial charge in [0.25, 0.3) is 21.7 Å². The molecule has 0 aliphatic heterocycles. The molecule has 9 heteroatoms. The van der Waals surface area contributed by atoms with Gasteiger partial charge in [-0.2, -0.15) is 8.42 Å². The Bertz CT molecular complexity index is 564. The van der Waals surface area contributed by atoms with Gasteiger partial charge in [0.1, 0.15) is 10.5 Å². The Morgan fingerprint density at radius 1 is 1.41 bits per heavy atom. The number of alkyl halides is 2. The average molecular weight is 267 g/mol. The molecule has 1 aromatic carbocycles. The molecule has 0 aliphatic carbocycles. The highest BCUT2D eigenvalue weighted by atomic mass is 32.2. The number of benzene rings is 1. The molecule has 0 radical (unpaired) electrons. The maximum atomic E-state index is 13.2. The number of hydrogen-bond donors (Lipinski definition) is 1. The van der Waals surface area contributed by atoms with Gasteiger partial charge < -0.3 is 0 Å². The third kappa shape index (κ3) is 2.74. The third-order valence-electron chi connectivity index (χ3n) is 1.92. The average Bonchev–Trinajstić information content (AvgIpc) is 2.13. The fourth-order valence-electron chi connectivity index (χ4n) is 1.33. The van der Waals surface area contributed by atoms with Gasteiger partial charge in [0.15, 0.2) is 0 Å². The SMILES string of the molecule is CC(F)(F)c1c([N+](=O)[O-])cccc1S(=O)(=O)O. The summed E-state index contributed by atoms with van der Waals surface area (Å²) in [6.07, 6.45) is 0. The van der Waals surface area contributed by atoms with Crippen molar-refractivity contribution in [1.29, 1.82) is 0 Å². The summed E-state index contributed by atoms with van der Waals surface area (Å²) in [6, 6.07) is 2.31. The normalized spacial score (nSPS) is 12.5. The van der Waals surface area contributed by atoms with E-state index >= 15 is 0 Å². The molecular weight excluding hydrogens is 260 g/mol. The van der Waals surface area contributed by atoms with Crippen LogP contribution in [-0.2, 0) is 16.0 Å². The molecule has 17 heavy (non-hydrogen) atoms. The number of rotatable bonds is 3. The number of nitrogens with zero attached hydrogens (tertiary/aromatic N) is 1. The number of nitro benzene ring substituents is 1. The van der Waals surface area contributed by atoms with Crippen LogP contribution in [0.25, 0.3) is 0 Å². The Labute approximate surface area is 94.8 Å². The minimum absolute atomic E-state index is 0.310. The van der Waals surface area contributed by atoms with Crippen molar-refractivity contribution < 1.29 is 26.7 Å². The maximum Gasteiger partial charge on any atom is 0.295 e. The molecule has 0 heterocycles. The van der Waals surface area contributed by atoms with Crippen molar-refractivity contribution in [3.8, 4) is 0 Å². The first-order chi connectivity index (χ1) is 7.55. The van der Waals surface area contributed by atoms with Crippen LogP contribution in [0, 0.1) is 10.1 Å². The zero-order chi connectivity index (χ0) is 13.4. The fraction of sp³-hybridized carbons (Fsp3) is 0.250. The van der Waals surface area contributed by atoms with Gasteiger partial charge in [-0.1, -0.05) is 6.07 Å². The van der Waals surface area contributed by atoms with E-state index in [9.17, 15) is 27.3 Å². The molecule has 6 nitrogen and oxygen atoms in total. The van der Waals surface area contributed by atoms with Gasteiger partial charge in [-0.05, 0) is 6.07 Å². The number of nitro groups is 1. The van der Waals surface area contributed by atoms with E-state index < -0.39 is 37.1 Å². The largest absolute Gasteiger partial charge is 0.295 e. The van der Waals surface area contributed by atoms with Crippen LogP contribution in [0.15, 0.2) is 23.1 Å². The molecule has 94 valence electrons. The van der Waals surface area contributed by atoms with Crippen molar-refractivity contribution >= 4 is 15.8 Å². The molecule has 0 saturated heterocycles. The second-order valence-corrected chi connectivity index (χ2v) is 4.66. The zero-order valence-electron chi connectivity index (χ0n) is 8.42. The summed E-state index contributed by atoms with van der Waals surface area (Å²) in [6.45, 7) is 0.310. The Hall–Kier alpha value is -1.61. The van der Waals surface area contributed by atoms with Crippen LogP contribution in [-0.4, -0.2) is 17.9 Å². The molecule has 0 bridgehead atoms. The summed E-state index contributed by atoms with van der Waals surface area (Å²) < 4.78 is 56.9.